The Kier molecular flexibility index (Phi) is 1.84. The average molecular weight is 178 g/mol. The highest BCUT2D eigenvalue weighted by Crippen LogP contribution is 2.04. The summed E-state index contributed by atoms with van der Waals surface area (Å²) in [6.07, 6.45) is 6.26. The first-order chi connectivity index (χ1) is 6.27. The molecule has 1 aromatic rings. The average Bonchev–Trinajstić information content (AvgIpc) is 2.72. The van der Waals surface area contributed by atoms with Gasteiger partial charge in [0.2, 0.25) is 0 Å². The summed E-state index contributed by atoms with van der Waals surface area (Å²) in [7, 11) is 0. The highest BCUT2D eigenvalue weighted by Gasteiger charge is 2.19. The Hall–Kier alpha value is -1.65. The summed E-state index contributed by atoms with van der Waals surface area (Å²) >= 11 is 0. The Labute approximate surface area is 75.7 Å². The van der Waals surface area contributed by atoms with E-state index in [-0.39, 0.29) is 12.1 Å². The molecular formula is C8H10N4O. The van der Waals surface area contributed by atoms with E-state index in [2.05, 4.69) is 9.98 Å². The summed E-state index contributed by atoms with van der Waals surface area (Å²) in [5.74, 6) is 0. The van der Waals surface area contributed by atoms with Gasteiger partial charge in [0.15, 0.2) is 0 Å². The van der Waals surface area contributed by atoms with E-state index in [4.69, 9.17) is 0 Å². The molecule has 0 saturated carbocycles. The van der Waals surface area contributed by atoms with E-state index in [0.29, 0.717) is 6.54 Å². The van der Waals surface area contributed by atoms with Gasteiger partial charge in [-0.15, -0.1) is 0 Å². The Morgan fingerprint density at radius 3 is 3.00 bits per heavy atom. The number of nitrogens with zero attached hydrogens (tertiary/aromatic N) is 4. The molecule has 0 spiro atoms. The summed E-state index contributed by atoms with van der Waals surface area (Å²) in [6, 6.07) is 0.0954. The zero-order valence-electron chi connectivity index (χ0n) is 7.29. The molecule has 5 heteroatoms. The highest BCUT2D eigenvalue weighted by molar-refractivity contribution is 5.88. The van der Waals surface area contributed by atoms with E-state index >= 15 is 0 Å². The molecule has 2 heterocycles. The molecule has 1 amide bonds. The lowest BCUT2D eigenvalue weighted by molar-refractivity contribution is 0.224. The minimum Gasteiger partial charge on any atom is -0.282 e. The Morgan fingerprint density at radius 1 is 1.62 bits per heavy atom. The molecule has 0 radical (unpaired) electrons. The van der Waals surface area contributed by atoms with Crippen molar-refractivity contribution >= 4 is 12.4 Å². The molecule has 1 aromatic heterocycles. The van der Waals surface area contributed by atoms with Crippen LogP contribution >= 0.6 is 0 Å². The predicted octanol–water partition coefficient (Wildman–Crippen LogP) is 0.584. The molecule has 1 unspecified atom stereocenters. The molecule has 1 aliphatic heterocycles. The first kappa shape index (κ1) is 7.97. The maximum absolute atomic E-state index is 11.6. The van der Waals surface area contributed by atoms with Crippen LogP contribution < -0.4 is 0 Å². The van der Waals surface area contributed by atoms with Crippen LogP contribution in [0.25, 0.3) is 0 Å². The van der Waals surface area contributed by atoms with Crippen LogP contribution in [0, 0.1) is 0 Å². The number of aromatic nitrogens is 2. The minimum absolute atomic E-state index is 0.106. The van der Waals surface area contributed by atoms with Gasteiger partial charge < -0.3 is 0 Å². The van der Waals surface area contributed by atoms with E-state index in [9.17, 15) is 4.79 Å². The Morgan fingerprint density at radius 2 is 2.46 bits per heavy atom. The molecule has 0 aromatic carbocycles. The Balaban J connectivity index is 2.11. The number of hydrogen-bond donors (Lipinski definition) is 0. The predicted molar refractivity (Wildman–Crippen MR) is 47.7 cm³/mol. The third-order valence-corrected chi connectivity index (χ3v) is 1.89. The number of carbonyl (C=O) groups is 1. The first-order valence-corrected chi connectivity index (χ1v) is 4.09. The van der Waals surface area contributed by atoms with Crippen LogP contribution in [-0.4, -0.2) is 39.4 Å². The molecule has 1 aliphatic rings. The zero-order chi connectivity index (χ0) is 9.26. The zero-order valence-corrected chi connectivity index (χ0v) is 7.29. The van der Waals surface area contributed by atoms with Crippen molar-refractivity contribution in [1.29, 1.82) is 0 Å². The van der Waals surface area contributed by atoms with Gasteiger partial charge in [-0.05, 0) is 6.92 Å². The van der Waals surface area contributed by atoms with Crippen LogP contribution in [0.3, 0.4) is 0 Å². The SMILES string of the molecule is CC1CN(C(=O)n2ccnc2)C=N1. The second-order valence-corrected chi connectivity index (χ2v) is 3.02. The maximum Gasteiger partial charge on any atom is 0.334 e. The number of hydrogen-bond acceptors (Lipinski definition) is 3. The van der Waals surface area contributed by atoms with Crippen LogP contribution in [-0.2, 0) is 0 Å². The van der Waals surface area contributed by atoms with Crippen molar-refractivity contribution in [2.45, 2.75) is 13.0 Å². The second kappa shape index (κ2) is 3.01. The van der Waals surface area contributed by atoms with Crippen LogP contribution in [0.15, 0.2) is 23.7 Å². The number of aliphatic imine (C=N–C) groups is 1. The van der Waals surface area contributed by atoms with E-state index in [1.807, 2.05) is 6.92 Å². The smallest absolute Gasteiger partial charge is 0.282 e. The summed E-state index contributed by atoms with van der Waals surface area (Å²) < 4.78 is 1.43. The van der Waals surface area contributed by atoms with Gasteiger partial charge in [0.05, 0.1) is 18.9 Å². The second-order valence-electron chi connectivity index (χ2n) is 3.02. The summed E-state index contributed by atoms with van der Waals surface area (Å²) in [5.41, 5.74) is 0. The van der Waals surface area contributed by atoms with Crippen LogP contribution in [0.5, 0.6) is 0 Å². The van der Waals surface area contributed by atoms with Gasteiger partial charge >= 0.3 is 6.03 Å². The highest BCUT2D eigenvalue weighted by atomic mass is 16.2. The number of amides is 1. The van der Waals surface area contributed by atoms with Crippen molar-refractivity contribution in [2.75, 3.05) is 6.54 Å². The quantitative estimate of drug-likeness (QED) is 0.583. The van der Waals surface area contributed by atoms with E-state index in [0.717, 1.165) is 0 Å². The largest absolute Gasteiger partial charge is 0.334 e. The molecule has 2 rings (SSSR count). The van der Waals surface area contributed by atoms with E-state index in [1.165, 1.54) is 10.9 Å². The van der Waals surface area contributed by atoms with Crippen molar-refractivity contribution in [3.8, 4) is 0 Å². The molecule has 68 valence electrons. The van der Waals surface area contributed by atoms with E-state index in [1.54, 1.807) is 23.6 Å². The summed E-state index contributed by atoms with van der Waals surface area (Å²) in [5, 5.41) is 0. The normalized spacial score (nSPS) is 21.0. The number of rotatable bonds is 0. The molecule has 13 heavy (non-hydrogen) atoms. The van der Waals surface area contributed by atoms with Crippen LogP contribution in [0.2, 0.25) is 0 Å². The molecule has 0 saturated heterocycles. The third kappa shape index (κ3) is 1.44. The minimum atomic E-state index is -0.106. The fraction of sp³-hybridized carbons (Fsp3) is 0.375. The molecule has 1 atom stereocenters. The topological polar surface area (TPSA) is 50.5 Å². The fourth-order valence-corrected chi connectivity index (χ4v) is 1.22. The molecular weight excluding hydrogens is 168 g/mol. The van der Waals surface area contributed by atoms with Crippen molar-refractivity contribution in [1.82, 2.24) is 14.5 Å². The number of carbonyl (C=O) groups excluding carboxylic acids is 1. The molecule has 0 fully saturated rings. The standard InChI is InChI=1S/C8H10N4O/c1-7-4-12(6-10-7)8(13)11-3-2-9-5-11/h2-3,5-7H,4H2,1H3. The summed E-state index contributed by atoms with van der Waals surface area (Å²) in [4.78, 5) is 21.1. The first-order valence-electron chi connectivity index (χ1n) is 4.09. The van der Waals surface area contributed by atoms with Crippen molar-refractivity contribution in [3.05, 3.63) is 18.7 Å². The molecule has 0 aliphatic carbocycles. The van der Waals surface area contributed by atoms with E-state index < -0.39 is 0 Å². The van der Waals surface area contributed by atoms with Crippen molar-refractivity contribution in [3.63, 3.8) is 0 Å². The molecule has 5 nitrogen and oxygen atoms in total. The van der Waals surface area contributed by atoms with Gasteiger partial charge in [-0.3, -0.25) is 14.5 Å². The van der Waals surface area contributed by atoms with Crippen molar-refractivity contribution < 1.29 is 4.79 Å². The lowest BCUT2D eigenvalue weighted by atomic mass is 10.4. The lowest BCUT2D eigenvalue weighted by Crippen LogP contribution is -2.32. The lowest BCUT2D eigenvalue weighted by Gasteiger charge is -2.12. The van der Waals surface area contributed by atoms with Gasteiger partial charge in [-0.2, -0.15) is 0 Å². The van der Waals surface area contributed by atoms with Crippen LogP contribution in [0.1, 0.15) is 6.92 Å². The van der Waals surface area contributed by atoms with Gasteiger partial charge in [-0.25, -0.2) is 9.78 Å². The summed E-state index contributed by atoms with van der Waals surface area (Å²) in [6.45, 7) is 2.62. The van der Waals surface area contributed by atoms with Gasteiger partial charge in [0, 0.05) is 12.4 Å². The monoisotopic (exact) mass is 178 g/mol. The van der Waals surface area contributed by atoms with Crippen molar-refractivity contribution in [2.24, 2.45) is 4.99 Å². The Bertz CT molecular complexity index is 330. The van der Waals surface area contributed by atoms with Gasteiger partial charge in [-0.1, -0.05) is 0 Å². The van der Waals surface area contributed by atoms with Crippen LogP contribution in [0.4, 0.5) is 4.79 Å². The maximum atomic E-state index is 11.6. The third-order valence-electron chi connectivity index (χ3n) is 1.89. The molecule has 0 N–H and O–H groups in total. The van der Waals surface area contributed by atoms with Gasteiger partial charge in [0.25, 0.3) is 0 Å². The fourth-order valence-electron chi connectivity index (χ4n) is 1.22. The van der Waals surface area contributed by atoms with Gasteiger partial charge in [0.1, 0.15) is 6.33 Å². The number of imidazole rings is 1. The molecule has 0 bridgehead atoms.